The lowest BCUT2D eigenvalue weighted by atomic mass is 9.61. The molecule has 10 aliphatic rings. The molecule has 0 aromatic rings. The van der Waals surface area contributed by atoms with Gasteiger partial charge in [0.15, 0.2) is 0 Å². The van der Waals surface area contributed by atoms with Crippen LogP contribution in [0, 0.1) is 59.2 Å². The van der Waals surface area contributed by atoms with E-state index >= 15 is 0 Å². The summed E-state index contributed by atoms with van der Waals surface area (Å²) >= 11 is 0. The van der Waals surface area contributed by atoms with E-state index in [-0.39, 0.29) is 0 Å². The lowest BCUT2D eigenvalue weighted by Crippen LogP contribution is -2.61. The van der Waals surface area contributed by atoms with Crippen LogP contribution in [0.3, 0.4) is 0 Å². The van der Waals surface area contributed by atoms with Gasteiger partial charge >= 0.3 is 0 Å². The second-order valence-corrected chi connectivity index (χ2v) is 17.5. The van der Waals surface area contributed by atoms with Gasteiger partial charge < -0.3 is 0 Å². The van der Waals surface area contributed by atoms with E-state index in [2.05, 4.69) is 42.5 Å². The van der Waals surface area contributed by atoms with Gasteiger partial charge in [0.1, 0.15) is 0 Å². The highest BCUT2D eigenvalue weighted by molar-refractivity contribution is 5.09. The van der Waals surface area contributed by atoms with Crippen molar-refractivity contribution >= 4 is 0 Å². The van der Waals surface area contributed by atoms with Crippen molar-refractivity contribution in [2.24, 2.45) is 59.2 Å². The van der Waals surface area contributed by atoms with Gasteiger partial charge in [0.2, 0.25) is 0 Å². The molecule has 5 saturated carbocycles. The zero-order valence-corrected chi connectivity index (χ0v) is 27.1. The third-order valence-corrected chi connectivity index (χ3v) is 15.7. The van der Waals surface area contributed by atoms with E-state index < -0.39 is 0 Å². The first kappa shape index (κ1) is 28.7. The summed E-state index contributed by atoms with van der Waals surface area (Å²) in [4.78, 5) is 0. The third kappa shape index (κ3) is 4.74. The molecule has 8 nitrogen and oxygen atoms in total. The molecule has 246 valence electrons. The van der Waals surface area contributed by atoms with E-state index in [0.29, 0.717) is 49.3 Å². The first-order chi connectivity index (χ1) is 21.8. The van der Waals surface area contributed by atoms with Gasteiger partial charge in [0, 0.05) is 0 Å². The van der Waals surface area contributed by atoms with Crippen molar-refractivity contribution in [1.82, 2.24) is 42.5 Å². The van der Waals surface area contributed by atoms with E-state index in [4.69, 9.17) is 0 Å². The van der Waals surface area contributed by atoms with E-state index in [1.807, 2.05) is 0 Å². The first-order valence-corrected chi connectivity index (χ1v) is 19.9. The number of nitrogens with one attached hydrogen (secondary N) is 8. The van der Waals surface area contributed by atoms with Crippen molar-refractivity contribution < 1.29 is 0 Å². The van der Waals surface area contributed by atoms with Gasteiger partial charge in [-0.05, 0) is 117 Å². The SMILES string of the molecule is C1CCC2C(C1)CCC1C3NC4NC(NC5NC(NC6NC(NC(N3)C21)C1CCCCC61)C1CCCCC51)C1CCCCC41. The molecule has 44 heavy (non-hydrogen) atoms. The van der Waals surface area contributed by atoms with E-state index in [0.717, 1.165) is 59.2 Å². The summed E-state index contributed by atoms with van der Waals surface area (Å²) in [5, 5.41) is 34.4. The van der Waals surface area contributed by atoms with Crippen molar-refractivity contribution in [3.8, 4) is 0 Å². The van der Waals surface area contributed by atoms with E-state index in [9.17, 15) is 0 Å². The molecule has 5 aliphatic heterocycles. The average Bonchev–Trinajstić information content (AvgIpc) is 3.80. The molecule has 0 aromatic carbocycles. The van der Waals surface area contributed by atoms with E-state index in [1.54, 1.807) is 0 Å². The number of hydrogen-bond donors (Lipinski definition) is 8. The van der Waals surface area contributed by atoms with Crippen molar-refractivity contribution in [3.05, 3.63) is 0 Å². The fraction of sp³-hybridized carbons (Fsp3) is 1.00. The van der Waals surface area contributed by atoms with Gasteiger partial charge in [-0.1, -0.05) is 57.8 Å². The normalized spacial score (nSPS) is 58.4. The second-order valence-electron chi connectivity index (χ2n) is 17.5. The van der Waals surface area contributed by atoms with Crippen molar-refractivity contribution in [1.29, 1.82) is 0 Å². The first-order valence-electron chi connectivity index (χ1n) is 19.9. The quantitative estimate of drug-likeness (QED) is 0.212. The Bertz CT molecular complexity index is 1040. The molecule has 8 heteroatoms. The Balaban J connectivity index is 1.00. The summed E-state index contributed by atoms with van der Waals surface area (Å²) in [5.41, 5.74) is 0. The molecule has 8 N–H and O–H groups in total. The van der Waals surface area contributed by atoms with Gasteiger partial charge in [-0.15, -0.1) is 0 Å². The molecule has 5 heterocycles. The molecule has 18 unspecified atom stereocenters. The van der Waals surface area contributed by atoms with Gasteiger partial charge in [-0.3, -0.25) is 42.5 Å². The maximum Gasteiger partial charge on any atom is 0.0631 e. The zero-order chi connectivity index (χ0) is 28.8. The Morgan fingerprint density at radius 1 is 0.227 bits per heavy atom. The van der Waals surface area contributed by atoms with Crippen LogP contribution >= 0.6 is 0 Å². The number of fused-ring (bicyclic) bond motifs is 22. The maximum absolute atomic E-state index is 4.39. The second kappa shape index (κ2) is 11.7. The Morgan fingerprint density at radius 3 is 0.909 bits per heavy atom. The lowest BCUT2D eigenvalue weighted by Gasteiger charge is -2.46. The molecule has 0 amide bonds. The molecule has 5 saturated heterocycles. The topological polar surface area (TPSA) is 96.2 Å². The Kier molecular flexibility index (Phi) is 7.61. The standard InChI is InChI=1S/C36H62N8/c1-2-10-20-19(9-1)17-18-27-28(20)36-43-34-26-16-8-7-15-25(26)32(41-34)39-30-22-12-4-3-11-21(22)29(37-30)38-31-23-13-5-6-14-24(23)33(40-31)42-35(27)44-36/h19-44H,1-18H2. The average molecular weight is 607 g/mol. The highest BCUT2D eigenvalue weighted by atomic mass is 15.4. The van der Waals surface area contributed by atoms with Crippen LogP contribution in [0.2, 0.25) is 0 Å². The molecule has 10 fully saturated rings. The smallest absolute Gasteiger partial charge is 0.0631 e. The van der Waals surface area contributed by atoms with Crippen LogP contribution in [0.4, 0.5) is 0 Å². The predicted octanol–water partition coefficient (Wildman–Crippen LogP) is 3.63. The van der Waals surface area contributed by atoms with Crippen LogP contribution in [-0.2, 0) is 0 Å². The van der Waals surface area contributed by atoms with Gasteiger partial charge in [-0.2, -0.15) is 0 Å². The molecule has 8 bridgehead atoms. The summed E-state index contributed by atoms with van der Waals surface area (Å²) in [7, 11) is 0. The van der Waals surface area contributed by atoms with Crippen molar-refractivity contribution in [2.45, 2.75) is 165 Å². The fourth-order valence-electron chi connectivity index (χ4n) is 13.8. The zero-order valence-electron chi connectivity index (χ0n) is 27.1. The van der Waals surface area contributed by atoms with Crippen molar-refractivity contribution in [3.63, 3.8) is 0 Å². The Morgan fingerprint density at radius 2 is 0.523 bits per heavy atom. The molecular weight excluding hydrogens is 544 g/mol. The molecule has 0 aromatic heterocycles. The van der Waals surface area contributed by atoms with Gasteiger partial charge in [0.25, 0.3) is 0 Å². The van der Waals surface area contributed by atoms with Gasteiger partial charge in [0.05, 0.1) is 49.3 Å². The Labute approximate surface area is 266 Å². The molecule has 10 rings (SSSR count). The summed E-state index contributed by atoms with van der Waals surface area (Å²) in [6, 6.07) is 0. The van der Waals surface area contributed by atoms with Crippen LogP contribution in [0.5, 0.6) is 0 Å². The van der Waals surface area contributed by atoms with Crippen LogP contribution in [0.25, 0.3) is 0 Å². The van der Waals surface area contributed by atoms with Crippen molar-refractivity contribution in [2.75, 3.05) is 0 Å². The van der Waals surface area contributed by atoms with Crippen LogP contribution in [0.15, 0.2) is 0 Å². The summed E-state index contributed by atoms with van der Waals surface area (Å²) in [6.07, 6.45) is 28.8. The van der Waals surface area contributed by atoms with Crippen LogP contribution < -0.4 is 42.5 Å². The highest BCUT2D eigenvalue weighted by Crippen LogP contribution is 2.51. The van der Waals surface area contributed by atoms with E-state index in [1.165, 1.54) is 116 Å². The molecule has 5 aliphatic carbocycles. The maximum atomic E-state index is 4.39. The number of rotatable bonds is 0. The Hall–Kier alpha value is -0.320. The molecule has 0 spiro atoms. The molecular formula is C36H62N8. The minimum absolute atomic E-state index is 0.417. The predicted molar refractivity (Wildman–Crippen MR) is 173 cm³/mol. The minimum Gasteiger partial charge on any atom is -0.286 e. The summed E-state index contributed by atoms with van der Waals surface area (Å²) in [6.45, 7) is 0. The molecule has 0 radical (unpaired) electrons. The summed E-state index contributed by atoms with van der Waals surface area (Å²) < 4.78 is 0. The fourth-order valence-corrected chi connectivity index (χ4v) is 13.8. The lowest BCUT2D eigenvalue weighted by molar-refractivity contribution is 0.0445. The third-order valence-electron chi connectivity index (χ3n) is 15.7. The summed E-state index contributed by atoms with van der Waals surface area (Å²) in [5.74, 6) is 7.83. The molecule has 18 atom stereocenters. The largest absolute Gasteiger partial charge is 0.286 e. The van der Waals surface area contributed by atoms with Crippen LogP contribution in [-0.4, -0.2) is 49.3 Å². The minimum atomic E-state index is 0.417. The monoisotopic (exact) mass is 607 g/mol. The van der Waals surface area contributed by atoms with Gasteiger partial charge in [-0.25, -0.2) is 0 Å². The van der Waals surface area contributed by atoms with Crippen LogP contribution in [0.1, 0.15) is 116 Å². The highest BCUT2D eigenvalue weighted by Gasteiger charge is 2.56. The number of hydrogen-bond acceptors (Lipinski definition) is 8.